The molecule has 0 radical (unpaired) electrons. The third-order valence-electron chi connectivity index (χ3n) is 4.07. The molecule has 2 amide bonds. The summed E-state index contributed by atoms with van der Waals surface area (Å²) in [6.07, 6.45) is -2.32. The van der Waals surface area contributed by atoms with Crippen LogP contribution in [0.25, 0.3) is 6.08 Å². The van der Waals surface area contributed by atoms with Gasteiger partial charge in [-0.3, -0.25) is 19.7 Å². The van der Waals surface area contributed by atoms with Crippen LogP contribution in [0.5, 0.6) is 0 Å². The van der Waals surface area contributed by atoms with Crippen molar-refractivity contribution < 1.29 is 27.7 Å². The average Bonchev–Trinajstić information content (AvgIpc) is 2.70. The quantitative estimate of drug-likeness (QED) is 0.414. The molecule has 0 aliphatic heterocycles. The molecule has 2 aromatic rings. The van der Waals surface area contributed by atoms with Crippen molar-refractivity contribution in [2.75, 3.05) is 18.4 Å². The van der Waals surface area contributed by atoms with Gasteiger partial charge in [0.2, 0.25) is 11.8 Å². The molecule has 0 unspecified atom stereocenters. The van der Waals surface area contributed by atoms with Gasteiger partial charge in [0, 0.05) is 18.7 Å². The van der Waals surface area contributed by atoms with E-state index in [2.05, 4.69) is 5.32 Å². The number of carbonyl (C=O) groups excluding carboxylic acids is 2. The molecule has 7 nitrogen and oxygen atoms in total. The summed E-state index contributed by atoms with van der Waals surface area (Å²) >= 11 is 0. The number of anilines is 1. The van der Waals surface area contributed by atoms with Crippen LogP contribution in [0.1, 0.15) is 18.1 Å². The second-order valence-corrected chi connectivity index (χ2v) is 6.09. The first kappa shape index (κ1) is 22.6. The van der Waals surface area contributed by atoms with E-state index in [1.807, 2.05) is 0 Å². The maximum absolute atomic E-state index is 13.0. The second-order valence-electron chi connectivity index (χ2n) is 6.09. The zero-order chi connectivity index (χ0) is 22.3. The van der Waals surface area contributed by atoms with E-state index in [1.165, 1.54) is 36.4 Å². The third-order valence-corrected chi connectivity index (χ3v) is 4.07. The molecule has 2 aromatic carbocycles. The van der Waals surface area contributed by atoms with Crippen molar-refractivity contribution in [2.45, 2.75) is 13.1 Å². The smallest absolute Gasteiger partial charge is 0.330 e. The number of hydrogen-bond donors (Lipinski definition) is 1. The van der Waals surface area contributed by atoms with Gasteiger partial charge in [-0.05, 0) is 31.2 Å². The summed E-state index contributed by atoms with van der Waals surface area (Å²) in [5.74, 6) is -1.42. The molecule has 0 aromatic heterocycles. The molecule has 0 spiro atoms. The molecule has 1 N–H and O–H groups in total. The van der Waals surface area contributed by atoms with Gasteiger partial charge in [-0.25, -0.2) is 0 Å². The average molecular weight is 421 g/mol. The third kappa shape index (κ3) is 5.90. The van der Waals surface area contributed by atoms with Crippen LogP contribution in [-0.4, -0.2) is 34.7 Å². The number of benzene rings is 2. The number of nitrogens with one attached hydrogen (secondary N) is 1. The Bertz CT molecular complexity index is 974. The summed E-state index contributed by atoms with van der Waals surface area (Å²) in [6, 6.07) is 10.3. The Hall–Kier alpha value is -3.69. The minimum atomic E-state index is -4.64. The largest absolute Gasteiger partial charge is 0.418 e. The lowest BCUT2D eigenvalue weighted by atomic mass is 10.1. The number of nitro groups is 1. The van der Waals surface area contributed by atoms with Crippen LogP contribution >= 0.6 is 0 Å². The highest BCUT2D eigenvalue weighted by atomic mass is 19.4. The fourth-order valence-corrected chi connectivity index (χ4v) is 2.61. The van der Waals surface area contributed by atoms with E-state index in [0.717, 1.165) is 23.1 Å². The molecule has 2 rings (SSSR count). The van der Waals surface area contributed by atoms with Gasteiger partial charge in [-0.2, -0.15) is 13.2 Å². The monoisotopic (exact) mass is 421 g/mol. The normalized spacial score (nSPS) is 11.3. The number of nitro benzene ring substituents is 1. The molecule has 0 aliphatic carbocycles. The zero-order valence-electron chi connectivity index (χ0n) is 15.8. The highest BCUT2D eigenvalue weighted by Gasteiger charge is 2.33. The van der Waals surface area contributed by atoms with Crippen molar-refractivity contribution in [3.8, 4) is 0 Å². The van der Waals surface area contributed by atoms with Crippen LogP contribution < -0.4 is 5.32 Å². The van der Waals surface area contributed by atoms with Crippen LogP contribution in [0, 0.1) is 10.1 Å². The summed E-state index contributed by atoms with van der Waals surface area (Å²) in [6.45, 7) is 1.21. The number of amides is 2. The van der Waals surface area contributed by atoms with E-state index in [0.29, 0.717) is 0 Å². The Morgan fingerprint density at radius 1 is 1.13 bits per heavy atom. The molecule has 158 valence electrons. The second kappa shape index (κ2) is 9.68. The van der Waals surface area contributed by atoms with Gasteiger partial charge in [0.1, 0.15) is 6.54 Å². The maximum Gasteiger partial charge on any atom is 0.418 e. The number of likely N-dealkylation sites (N-methyl/N-ethyl adjacent to an activating group) is 1. The lowest BCUT2D eigenvalue weighted by Gasteiger charge is -2.19. The molecule has 0 aliphatic rings. The summed E-state index contributed by atoms with van der Waals surface area (Å²) in [4.78, 5) is 36.1. The van der Waals surface area contributed by atoms with Crippen LogP contribution in [0.2, 0.25) is 0 Å². The Kier molecular flexibility index (Phi) is 7.29. The molecular formula is C20H18F3N3O4. The van der Waals surface area contributed by atoms with E-state index in [4.69, 9.17) is 0 Å². The SMILES string of the molecule is CCN(CC(=O)Nc1ccccc1C(F)(F)F)C(=O)/C=C/c1ccccc1[N+](=O)[O-]. The number of rotatable bonds is 7. The minimum Gasteiger partial charge on any atom is -0.330 e. The van der Waals surface area contributed by atoms with Crippen molar-refractivity contribution in [1.82, 2.24) is 4.90 Å². The fraction of sp³-hybridized carbons (Fsp3) is 0.200. The first-order chi connectivity index (χ1) is 14.1. The summed E-state index contributed by atoms with van der Waals surface area (Å²) in [7, 11) is 0. The van der Waals surface area contributed by atoms with E-state index in [9.17, 15) is 32.9 Å². The first-order valence-electron chi connectivity index (χ1n) is 8.80. The number of carbonyl (C=O) groups is 2. The summed E-state index contributed by atoms with van der Waals surface area (Å²) < 4.78 is 39.1. The summed E-state index contributed by atoms with van der Waals surface area (Å²) in [5.41, 5.74) is -1.39. The molecule has 0 fully saturated rings. The predicted molar refractivity (Wildman–Crippen MR) is 104 cm³/mol. The van der Waals surface area contributed by atoms with Crippen molar-refractivity contribution in [3.05, 3.63) is 75.8 Å². The van der Waals surface area contributed by atoms with Gasteiger partial charge in [-0.1, -0.05) is 24.3 Å². The molecule has 30 heavy (non-hydrogen) atoms. The van der Waals surface area contributed by atoms with E-state index < -0.39 is 40.7 Å². The van der Waals surface area contributed by atoms with E-state index in [-0.39, 0.29) is 17.8 Å². The van der Waals surface area contributed by atoms with Gasteiger partial charge < -0.3 is 10.2 Å². The molecular weight excluding hydrogens is 403 g/mol. The number of halogens is 3. The first-order valence-corrected chi connectivity index (χ1v) is 8.80. The van der Waals surface area contributed by atoms with Gasteiger partial charge in [0.25, 0.3) is 5.69 Å². The lowest BCUT2D eigenvalue weighted by Crippen LogP contribution is -2.37. The van der Waals surface area contributed by atoms with Crippen LogP contribution in [-0.2, 0) is 15.8 Å². The van der Waals surface area contributed by atoms with Crippen LogP contribution in [0.4, 0.5) is 24.5 Å². The number of para-hydroxylation sites is 2. The Morgan fingerprint density at radius 2 is 1.77 bits per heavy atom. The number of hydrogen-bond acceptors (Lipinski definition) is 4. The number of alkyl halides is 3. The van der Waals surface area contributed by atoms with Gasteiger partial charge in [-0.15, -0.1) is 0 Å². The molecule has 10 heteroatoms. The highest BCUT2D eigenvalue weighted by molar-refractivity contribution is 5.98. The predicted octanol–water partition coefficient (Wildman–Crippen LogP) is 4.11. The minimum absolute atomic E-state index is 0.106. The van der Waals surface area contributed by atoms with E-state index >= 15 is 0 Å². The van der Waals surface area contributed by atoms with Crippen molar-refractivity contribution in [3.63, 3.8) is 0 Å². The van der Waals surface area contributed by atoms with Crippen LogP contribution in [0.15, 0.2) is 54.6 Å². The van der Waals surface area contributed by atoms with Crippen molar-refractivity contribution >= 4 is 29.3 Å². The Morgan fingerprint density at radius 3 is 2.40 bits per heavy atom. The number of nitrogens with zero attached hydrogens (tertiary/aromatic N) is 2. The standard InChI is InChI=1S/C20H18F3N3O4/c1-2-25(19(28)12-11-14-7-3-6-10-17(14)26(29)30)13-18(27)24-16-9-5-4-8-15(16)20(21,22)23/h3-12H,2,13H2,1H3,(H,24,27)/b12-11+. The van der Waals surface area contributed by atoms with Crippen molar-refractivity contribution in [1.29, 1.82) is 0 Å². The van der Waals surface area contributed by atoms with Crippen molar-refractivity contribution in [2.24, 2.45) is 0 Å². The molecule has 0 saturated carbocycles. The Labute approximate surface area is 170 Å². The van der Waals surface area contributed by atoms with Gasteiger partial charge in [0.15, 0.2) is 0 Å². The maximum atomic E-state index is 13.0. The Balaban J connectivity index is 2.10. The molecule has 0 heterocycles. The summed E-state index contributed by atoms with van der Waals surface area (Å²) in [5, 5.41) is 13.2. The fourth-order valence-electron chi connectivity index (χ4n) is 2.61. The zero-order valence-corrected chi connectivity index (χ0v) is 15.8. The van der Waals surface area contributed by atoms with Gasteiger partial charge >= 0.3 is 6.18 Å². The van der Waals surface area contributed by atoms with Gasteiger partial charge in [0.05, 0.1) is 21.7 Å². The topological polar surface area (TPSA) is 92.6 Å². The van der Waals surface area contributed by atoms with E-state index in [1.54, 1.807) is 13.0 Å². The lowest BCUT2D eigenvalue weighted by molar-refractivity contribution is -0.385. The molecule has 0 saturated heterocycles. The molecule has 0 atom stereocenters. The highest BCUT2D eigenvalue weighted by Crippen LogP contribution is 2.34. The molecule has 0 bridgehead atoms. The van der Waals surface area contributed by atoms with Crippen LogP contribution in [0.3, 0.4) is 0 Å².